The molecule has 0 bridgehead atoms. The highest BCUT2D eigenvalue weighted by atomic mass is 35.5. The monoisotopic (exact) mass is 487 g/mol. The van der Waals surface area contributed by atoms with Crippen molar-refractivity contribution in [2.45, 2.75) is 12.6 Å². The standard InChI is InChI=1S/C20H17Cl3NO3PS/c1-11-16(22)7-12(8-17(11)23)5-6-24-20(25)19(28(2,26)27)15-10-29-18-4-3-13(21)9-14(15)18/h3-10,19H,1-2H3,(H,24,25)(H,26,27)/b6-5+. The zero-order chi connectivity index (χ0) is 21.3. The van der Waals surface area contributed by atoms with Crippen LogP contribution >= 0.6 is 53.5 Å². The van der Waals surface area contributed by atoms with Gasteiger partial charge in [-0.3, -0.25) is 9.36 Å². The Bertz CT molecular complexity index is 1150. The van der Waals surface area contributed by atoms with Gasteiger partial charge < -0.3 is 10.2 Å². The van der Waals surface area contributed by atoms with E-state index in [4.69, 9.17) is 34.8 Å². The lowest BCUT2D eigenvalue weighted by Gasteiger charge is -2.18. The van der Waals surface area contributed by atoms with Gasteiger partial charge in [0.25, 0.3) is 0 Å². The molecule has 1 heterocycles. The second-order valence-corrected chi connectivity index (χ2v) is 11.2. The van der Waals surface area contributed by atoms with Crippen molar-refractivity contribution in [1.29, 1.82) is 0 Å². The minimum atomic E-state index is -3.80. The Balaban J connectivity index is 1.89. The average Bonchev–Trinajstić information content (AvgIpc) is 3.01. The highest BCUT2D eigenvalue weighted by Gasteiger charge is 2.36. The largest absolute Gasteiger partial charge is 0.344 e. The van der Waals surface area contributed by atoms with Gasteiger partial charge in [0, 0.05) is 32.6 Å². The van der Waals surface area contributed by atoms with Gasteiger partial charge in [-0.05, 0) is 70.8 Å². The van der Waals surface area contributed by atoms with Crippen molar-refractivity contribution >= 4 is 75.6 Å². The van der Waals surface area contributed by atoms with Crippen LogP contribution < -0.4 is 5.32 Å². The maximum absolute atomic E-state index is 12.8. The first-order chi connectivity index (χ1) is 13.6. The minimum Gasteiger partial charge on any atom is -0.344 e. The van der Waals surface area contributed by atoms with Crippen molar-refractivity contribution in [3.8, 4) is 0 Å². The Morgan fingerprint density at radius 3 is 2.48 bits per heavy atom. The van der Waals surface area contributed by atoms with Gasteiger partial charge in [-0.2, -0.15) is 0 Å². The summed E-state index contributed by atoms with van der Waals surface area (Å²) in [5.74, 6) is -0.585. The predicted molar refractivity (Wildman–Crippen MR) is 124 cm³/mol. The molecule has 0 fully saturated rings. The van der Waals surface area contributed by atoms with E-state index in [1.807, 2.05) is 13.0 Å². The summed E-state index contributed by atoms with van der Waals surface area (Å²) in [6.45, 7) is 2.98. The average molecular weight is 489 g/mol. The SMILES string of the molecule is Cc1c(Cl)cc(/C=C/NC(=O)C(c2csc3ccc(Cl)cc23)P(C)(=O)O)cc1Cl. The van der Waals surface area contributed by atoms with Crippen molar-refractivity contribution in [1.82, 2.24) is 5.32 Å². The van der Waals surface area contributed by atoms with Gasteiger partial charge in [0.2, 0.25) is 13.3 Å². The molecule has 0 spiro atoms. The Morgan fingerprint density at radius 2 is 1.86 bits per heavy atom. The molecule has 3 rings (SSSR count). The number of benzene rings is 2. The maximum Gasteiger partial charge on any atom is 0.241 e. The number of fused-ring (bicyclic) bond motifs is 1. The second kappa shape index (κ2) is 8.81. The molecule has 0 aliphatic carbocycles. The van der Waals surface area contributed by atoms with Gasteiger partial charge in [-0.1, -0.05) is 34.8 Å². The molecular formula is C20H17Cl3NO3PS. The summed E-state index contributed by atoms with van der Waals surface area (Å²) in [4.78, 5) is 23.1. The van der Waals surface area contributed by atoms with Crippen LogP contribution in [0.3, 0.4) is 0 Å². The highest BCUT2D eigenvalue weighted by molar-refractivity contribution is 7.58. The lowest BCUT2D eigenvalue weighted by atomic mass is 10.1. The Morgan fingerprint density at radius 1 is 1.21 bits per heavy atom. The quantitative estimate of drug-likeness (QED) is 0.384. The Labute approximate surface area is 187 Å². The summed E-state index contributed by atoms with van der Waals surface area (Å²) in [5.41, 5.74) is 0.724. The lowest BCUT2D eigenvalue weighted by Crippen LogP contribution is -2.25. The first kappa shape index (κ1) is 22.4. The molecule has 1 amide bonds. The van der Waals surface area contributed by atoms with E-state index in [0.29, 0.717) is 31.6 Å². The van der Waals surface area contributed by atoms with Crippen LogP contribution in [0.25, 0.3) is 16.2 Å². The molecule has 4 nitrogen and oxygen atoms in total. The van der Waals surface area contributed by atoms with Gasteiger partial charge in [0.1, 0.15) is 5.66 Å². The molecule has 1 aromatic heterocycles. The number of amides is 1. The molecule has 0 aliphatic heterocycles. The van der Waals surface area contributed by atoms with Crippen molar-refractivity contribution in [3.63, 3.8) is 0 Å². The highest BCUT2D eigenvalue weighted by Crippen LogP contribution is 2.54. The number of hydrogen-bond donors (Lipinski definition) is 2. The summed E-state index contributed by atoms with van der Waals surface area (Å²) < 4.78 is 13.4. The molecule has 0 radical (unpaired) electrons. The van der Waals surface area contributed by atoms with Gasteiger partial charge in [0.15, 0.2) is 0 Å². The van der Waals surface area contributed by atoms with Crippen molar-refractivity contribution in [3.05, 3.63) is 73.7 Å². The van der Waals surface area contributed by atoms with Gasteiger partial charge in [-0.15, -0.1) is 11.3 Å². The summed E-state index contributed by atoms with van der Waals surface area (Å²) in [6, 6.07) is 8.70. The lowest BCUT2D eigenvalue weighted by molar-refractivity contribution is -0.120. The van der Waals surface area contributed by atoms with Gasteiger partial charge in [-0.25, -0.2) is 0 Å². The fourth-order valence-corrected chi connectivity index (χ4v) is 5.89. The Hall–Kier alpha value is -1.33. The molecule has 29 heavy (non-hydrogen) atoms. The predicted octanol–water partition coefficient (Wildman–Crippen LogP) is 6.90. The van der Waals surface area contributed by atoms with E-state index < -0.39 is 18.9 Å². The van der Waals surface area contributed by atoms with E-state index in [-0.39, 0.29) is 0 Å². The van der Waals surface area contributed by atoms with E-state index in [2.05, 4.69) is 5.32 Å². The summed E-state index contributed by atoms with van der Waals surface area (Å²) in [6.07, 6.45) is 3.02. The molecule has 0 saturated carbocycles. The van der Waals surface area contributed by atoms with Crippen LogP contribution in [-0.4, -0.2) is 17.5 Å². The minimum absolute atomic E-state index is 0.480. The molecule has 2 atom stereocenters. The van der Waals surface area contributed by atoms with E-state index in [1.165, 1.54) is 24.2 Å². The van der Waals surface area contributed by atoms with Crippen LogP contribution in [0.1, 0.15) is 22.3 Å². The molecule has 0 saturated heterocycles. The molecule has 3 aromatic rings. The zero-order valence-corrected chi connectivity index (χ0v) is 19.4. The number of carbonyl (C=O) groups is 1. The first-order valence-electron chi connectivity index (χ1n) is 8.47. The molecule has 2 aromatic carbocycles. The molecule has 2 N–H and O–H groups in total. The van der Waals surface area contributed by atoms with Crippen molar-refractivity contribution < 1.29 is 14.3 Å². The number of rotatable bonds is 5. The fraction of sp³-hybridized carbons (Fsp3) is 0.150. The zero-order valence-electron chi connectivity index (χ0n) is 15.4. The normalized spacial score (nSPS) is 14.8. The van der Waals surface area contributed by atoms with Crippen LogP contribution in [-0.2, 0) is 9.36 Å². The first-order valence-corrected chi connectivity index (χ1v) is 12.7. The number of hydrogen-bond acceptors (Lipinski definition) is 3. The van der Waals surface area contributed by atoms with Crippen molar-refractivity contribution in [2.75, 3.05) is 6.66 Å². The summed E-state index contributed by atoms with van der Waals surface area (Å²) >= 11 is 19.7. The third-order valence-electron chi connectivity index (χ3n) is 4.39. The van der Waals surface area contributed by atoms with Gasteiger partial charge >= 0.3 is 0 Å². The third kappa shape index (κ3) is 5.05. The van der Waals surface area contributed by atoms with E-state index in [9.17, 15) is 14.3 Å². The number of carbonyl (C=O) groups excluding carboxylic acids is 1. The molecule has 152 valence electrons. The maximum atomic E-state index is 12.8. The number of thiophene rings is 1. The van der Waals surface area contributed by atoms with E-state index in [0.717, 1.165) is 10.3 Å². The number of nitrogens with one attached hydrogen (secondary N) is 1. The summed E-state index contributed by atoms with van der Waals surface area (Å²) in [7, 11) is -3.80. The smallest absolute Gasteiger partial charge is 0.241 e. The third-order valence-corrected chi connectivity index (χ3v) is 7.86. The molecule has 0 aliphatic rings. The second-order valence-electron chi connectivity index (χ2n) is 6.63. The van der Waals surface area contributed by atoms with E-state index >= 15 is 0 Å². The Kier molecular flexibility index (Phi) is 6.79. The fourth-order valence-electron chi connectivity index (χ4n) is 2.91. The van der Waals surface area contributed by atoms with Crippen LogP contribution in [0.4, 0.5) is 0 Å². The van der Waals surface area contributed by atoms with Crippen LogP contribution in [0, 0.1) is 6.92 Å². The molecule has 9 heteroatoms. The van der Waals surface area contributed by atoms with Crippen molar-refractivity contribution in [2.24, 2.45) is 0 Å². The topological polar surface area (TPSA) is 66.4 Å². The summed E-state index contributed by atoms with van der Waals surface area (Å²) in [5, 5.41) is 6.52. The van der Waals surface area contributed by atoms with Gasteiger partial charge in [0.05, 0.1) is 0 Å². The van der Waals surface area contributed by atoms with Crippen LogP contribution in [0.15, 0.2) is 41.9 Å². The van der Waals surface area contributed by atoms with Crippen LogP contribution in [0.5, 0.6) is 0 Å². The molecular weight excluding hydrogens is 472 g/mol. The van der Waals surface area contributed by atoms with Crippen LogP contribution in [0.2, 0.25) is 15.1 Å². The van der Waals surface area contributed by atoms with E-state index in [1.54, 1.807) is 35.7 Å². The number of halogens is 3. The molecule has 2 unspecified atom stereocenters.